The molecular weight excluding hydrogens is 548 g/mol. The molecule has 1 aromatic rings. The molecular formula is C29H40N4O7S. The molecule has 4 aliphatic heterocycles. The Bertz CT molecular complexity index is 1190. The van der Waals surface area contributed by atoms with Gasteiger partial charge < -0.3 is 29.7 Å². The number of aromatic nitrogens is 1. The zero-order chi connectivity index (χ0) is 29.2. The number of carbonyl (C=O) groups is 4. The Morgan fingerprint density at radius 3 is 2.41 bits per heavy atom. The number of rotatable bonds is 9. The predicted molar refractivity (Wildman–Crippen MR) is 148 cm³/mol. The number of hydrogen-bond donors (Lipinski definition) is 2. The third-order valence-corrected chi connectivity index (χ3v) is 11.1. The van der Waals surface area contributed by atoms with Gasteiger partial charge in [-0.2, -0.15) is 0 Å². The maximum absolute atomic E-state index is 13.8. The summed E-state index contributed by atoms with van der Waals surface area (Å²) in [7, 11) is 0. The number of amides is 3. The molecule has 12 heteroatoms. The fourth-order valence-electron chi connectivity index (χ4n) is 7.29. The van der Waals surface area contributed by atoms with Crippen molar-refractivity contribution < 1.29 is 33.8 Å². The van der Waals surface area contributed by atoms with E-state index in [0.717, 1.165) is 32.1 Å². The van der Waals surface area contributed by atoms with Crippen LogP contribution in [0.15, 0.2) is 11.7 Å². The van der Waals surface area contributed by atoms with Crippen LogP contribution in [0, 0.1) is 28.1 Å². The molecule has 6 fully saturated rings. The smallest absolute Gasteiger partial charge is 0.328 e. The molecule has 2 aliphatic carbocycles. The number of carboxylic acids is 1. The third-order valence-electron chi connectivity index (χ3n) is 10.3. The molecule has 3 amide bonds. The molecule has 7 rings (SSSR count). The quantitative estimate of drug-likeness (QED) is 0.447. The second-order valence-electron chi connectivity index (χ2n) is 13.8. The van der Waals surface area contributed by atoms with Crippen LogP contribution in [0.1, 0.15) is 62.5 Å². The number of nitrogens with zero attached hydrogens (tertiary/aromatic N) is 3. The minimum Gasteiger partial charge on any atom is -0.480 e. The van der Waals surface area contributed by atoms with E-state index in [1.54, 1.807) is 22.2 Å². The van der Waals surface area contributed by atoms with E-state index in [1.807, 2.05) is 0 Å². The molecule has 0 unspecified atom stereocenters. The molecule has 0 aromatic carbocycles. The summed E-state index contributed by atoms with van der Waals surface area (Å²) in [6.45, 7) is 8.06. The van der Waals surface area contributed by atoms with Crippen LogP contribution in [0.5, 0.6) is 0 Å². The van der Waals surface area contributed by atoms with Gasteiger partial charge in [-0.25, -0.2) is 4.79 Å². The molecule has 0 radical (unpaired) electrons. The first-order chi connectivity index (χ1) is 19.4. The van der Waals surface area contributed by atoms with E-state index in [0.29, 0.717) is 43.8 Å². The molecule has 2 bridgehead atoms. The Hall–Kier alpha value is -2.57. The Morgan fingerprint density at radius 1 is 1.17 bits per heavy atom. The average Bonchev–Trinajstić information content (AvgIpc) is 3.32. The lowest BCUT2D eigenvalue weighted by Crippen LogP contribution is -2.65. The normalized spacial score (nSPS) is 32.3. The van der Waals surface area contributed by atoms with Gasteiger partial charge in [0.25, 0.3) is 5.91 Å². The number of fused-ring (bicyclic) bond motifs is 3. The second-order valence-corrected chi connectivity index (χ2v) is 14.6. The highest BCUT2D eigenvalue weighted by atomic mass is 32.1. The molecule has 1 spiro atoms. The molecule has 41 heavy (non-hydrogen) atoms. The first-order valence-electron chi connectivity index (χ1n) is 14.7. The predicted octanol–water partition coefficient (Wildman–Crippen LogP) is 2.02. The standard InChI is InChI=1S/C29H40N4O7S/c1-17(39-14-28-6-4-18(5-7-28)40-15-28)22(26(37)38)31-23(34)20-10-32(25(36)21-9-30-16-41-21)11-29(20)12-33(13-29)24(35)19-8-27(19,2)3/h9,16-20,22H,4-8,10-15H2,1-3H3,(H,31,34)(H,37,38)/t17-,18?,19-,20+,22+,28?/m1/s1. The topological polar surface area (TPSA) is 138 Å². The second kappa shape index (κ2) is 10.3. The van der Waals surface area contributed by atoms with Crippen molar-refractivity contribution in [2.24, 2.45) is 28.1 Å². The summed E-state index contributed by atoms with van der Waals surface area (Å²) in [5, 5.41) is 12.8. The van der Waals surface area contributed by atoms with Crippen molar-refractivity contribution >= 4 is 35.0 Å². The number of likely N-dealkylation sites (tertiary alicyclic amines) is 2. The number of carboxylic acid groups (broad SMARTS) is 1. The Labute approximate surface area is 243 Å². The van der Waals surface area contributed by atoms with Crippen molar-refractivity contribution in [3.05, 3.63) is 16.6 Å². The lowest BCUT2D eigenvalue weighted by molar-refractivity contribution is -0.161. The van der Waals surface area contributed by atoms with Crippen molar-refractivity contribution in [3.8, 4) is 0 Å². The molecule has 224 valence electrons. The first kappa shape index (κ1) is 28.5. The number of thiazole rings is 1. The van der Waals surface area contributed by atoms with Crippen LogP contribution in [-0.2, 0) is 23.9 Å². The Kier molecular flexibility index (Phi) is 7.17. The summed E-state index contributed by atoms with van der Waals surface area (Å²) in [6.07, 6.45) is 5.92. The van der Waals surface area contributed by atoms with Crippen molar-refractivity contribution in [1.82, 2.24) is 20.1 Å². The van der Waals surface area contributed by atoms with Crippen molar-refractivity contribution in [2.45, 2.75) is 71.1 Å². The monoisotopic (exact) mass is 588 g/mol. The SMILES string of the molecule is C[C@@H](OCC12CCC(CC1)OC2)[C@H](NC(=O)[C@@H]1CN(C(=O)c2cncs2)CC12CN(C(=O)[C@H]1CC1(C)C)C2)C(=O)O. The van der Waals surface area contributed by atoms with Gasteiger partial charge in [0.05, 0.1) is 43.0 Å². The average molecular weight is 589 g/mol. The van der Waals surface area contributed by atoms with Crippen LogP contribution in [-0.4, -0.2) is 101 Å². The Morgan fingerprint density at radius 2 is 1.85 bits per heavy atom. The van der Waals surface area contributed by atoms with E-state index in [-0.39, 0.29) is 35.1 Å². The van der Waals surface area contributed by atoms with Crippen LogP contribution in [0.3, 0.4) is 0 Å². The highest BCUT2D eigenvalue weighted by Gasteiger charge is 2.62. The Balaban J connectivity index is 1.14. The van der Waals surface area contributed by atoms with Gasteiger partial charge >= 0.3 is 5.97 Å². The summed E-state index contributed by atoms with van der Waals surface area (Å²) in [4.78, 5) is 60.3. The van der Waals surface area contributed by atoms with E-state index in [1.165, 1.54) is 17.5 Å². The zero-order valence-electron chi connectivity index (χ0n) is 24.0. The molecule has 4 saturated heterocycles. The minimum absolute atomic E-state index is 0.00599. The maximum atomic E-state index is 13.8. The van der Waals surface area contributed by atoms with Gasteiger partial charge in [0.1, 0.15) is 4.88 Å². The largest absolute Gasteiger partial charge is 0.480 e. The number of ether oxygens (including phenoxy) is 2. The van der Waals surface area contributed by atoms with E-state index >= 15 is 0 Å². The van der Waals surface area contributed by atoms with Gasteiger partial charge in [-0.1, -0.05) is 13.8 Å². The number of carbonyl (C=O) groups excluding carboxylic acids is 3. The van der Waals surface area contributed by atoms with Crippen molar-refractivity contribution in [2.75, 3.05) is 39.4 Å². The summed E-state index contributed by atoms with van der Waals surface area (Å²) < 4.78 is 12.0. The third kappa shape index (κ3) is 5.27. The molecule has 4 atom stereocenters. The van der Waals surface area contributed by atoms with E-state index in [2.05, 4.69) is 24.1 Å². The van der Waals surface area contributed by atoms with Crippen LogP contribution < -0.4 is 5.32 Å². The number of hydrogen-bond acceptors (Lipinski definition) is 8. The number of aliphatic carboxylic acids is 1. The number of nitrogens with one attached hydrogen (secondary N) is 1. The van der Waals surface area contributed by atoms with Gasteiger partial charge in [0.15, 0.2) is 6.04 Å². The fraction of sp³-hybridized carbons (Fsp3) is 0.759. The van der Waals surface area contributed by atoms with Crippen LogP contribution >= 0.6 is 11.3 Å². The first-order valence-corrected chi connectivity index (χ1v) is 15.5. The van der Waals surface area contributed by atoms with Gasteiger partial charge in [-0.15, -0.1) is 11.3 Å². The lowest BCUT2D eigenvalue weighted by atomic mass is 9.70. The molecule has 11 nitrogen and oxygen atoms in total. The molecule has 6 aliphatic rings. The lowest BCUT2D eigenvalue weighted by Gasteiger charge is -2.50. The van der Waals surface area contributed by atoms with Crippen molar-refractivity contribution in [3.63, 3.8) is 0 Å². The van der Waals surface area contributed by atoms with E-state index in [9.17, 15) is 24.3 Å². The summed E-state index contributed by atoms with van der Waals surface area (Å²) in [5.74, 6) is -2.36. The van der Waals surface area contributed by atoms with E-state index < -0.39 is 35.4 Å². The van der Waals surface area contributed by atoms with E-state index in [4.69, 9.17) is 9.47 Å². The fourth-order valence-corrected chi connectivity index (χ4v) is 7.88. The summed E-state index contributed by atoms with van der Waals surface area (Å²) >= 11 is 1.24. The van der Waals surface area contributed by atoms with Gasteiger partial charge in [0.2, 0.25) is 11.8 Å². The summed E-state index contributed by atoms with van der Waals surface area (Å²) in [5.41, 5.74) is 0.867. The zero-order valence-corrected chi connectivity index (χ0v) is 24.8. The minimum atomic E-state index is -1.24. The summed E-state index contributed by atoms with van der Waals surface area (Å²) in [6, 6.07) is -1.24. The molecule has 2 N–H and O–H groups in total. The molecule has 5 heterocycles. The molecule has 2 saturated carbocycles. The van der Waals surface area contributed by atoms with Crippen molar-refractivity contribution in [1.29, 1.82) is 0 Å². The van der Waals surface area contributed by atoms with Gasteiger partial charge in [-0.3, -0.25) is 19.4 Å². The highest BCUT2D eigenvalue weighted by Crippen LogP contribution is 2.54. The van der Waals surface area contributed by atoms with Gasteiger partial charge in [-0.05, 0) is 44.4 Å². The highest BCUT2D eigenvalue weighted by molar-refractivity contribution is 7.11. The van der Waals surface area contributed by atoms with Crippen LogP contribution in [0.25, 0.3) is 0 Å². The van der Waals surface area contributed by atoms with Crippen LogP contribution in [0.4, 0.5) is 0 Å². The van der Waals surface area contributed by atoms with Gasteiger partial charge in [0, 0.05) is 42.9 Å². The van der Waals surface area contributed by atoms with Crippen LogP contribution in [0.2, 0.25) is 0 Å². The molecule has 1 aromatic heterocycles. The maximum Gasteiger partial charge on any atom is 0.328 e.